The third-order valence-corrected chi connectivity index (χ3v) is 4.91. The van der Waals surface area contributed by atoms with E-state index in [2.05, 4.69) is 37.1 Å². The molecule has 0 radical (unpaired) electrons. The Kier molecular flexibility index (Phi) is 4.96. The lowest BCUT2D eigenvalue weighted by Gasteiger charge is -2.00. The second-order valence-electron chi connectivity index (χ2n) is 4.26. The third kappa shape index (κ3) is 3.70. The largest absolute Gasteiger partial charge is 0.384 e. The lowest BCUT2D eigenvalue weighted by molar-refractivity contribution is 0.0955. The molecule has 0 spiro atoms. The fourth-order valence-corrected chi connectivity index (χ4v) is 3.44. The van der Waals surface area contributed by atoms with Crippen LogP contribution in [0.5, 0.6) is 0 Å². The normalized spacial score (nSPS) is 9.95. The fraction of sp³-hybridized carbons (Fsp3) is 0.267. The lowest BCUT2D eigenvalue weighted by Crippen LogP contribution is -2.21. The van der Waals surface area contributed by atoms with Crippen molar-refractivity contribution >= 4 is 28.6 Å². The van der Waals surface area contributed by atoms with E-state index in [0.29, 0.717) is 11.4 Å². The zero-order valence-electron chi connectivity index (χ0n) is 11.3. The topological polar surface area (TPSA) is 49.3 Å². The molecule has 104 valence electrons. The fourth-order valence-electron chi connectivity index (χ4n) is 1.65. The highest BCUT2D eigenvalue weighted by Gasteiger charge is 2.09. The first-order valence-electron chi connectivity index (χ1n) is 6.14. The Morgan fingerprint density at radius 1 is 1.35 bits per heavy atom. The molecule has 0 aromatic carbocycles. The average molecular weight is 305 g/mol. The predicted octanol–water partition coefficient (Wildman–Crippen LogP) is 2.70. The first-order valence-corrected chi connectivity index (χ1v) is 7.77. The van der Waals surface area contributed by atoms with E-state index >= 15 is 0 Å². The van der Waals surface area contributed by atoms with Crippen LogP contribution in [0.15, 0.2) is 18.2 Å². The van der Waals surface area contributed by atoms with Crippen LogP contribution < -0.4 is 5.32 Å². The number of nitrogens with one attached hydrogen (secondary N) is 1. The smallest absolute Gasteiger partial charge is 0.261 e. The van der Waals surface area contributed by atoms with Gasteiger partial charge in [-0.1, -0.05) is 11.8 Å². The quantitative estimate of drug-likeness (QED) is 0.857. The first kappa shape index (κ1) is 14.8. The Morgan fingerprint density at radius 2 is 2.15 bits per heavy atom. The molecule has 3 nitrogen and oxygen atoms in total. The number of thiophene rings is 2. The highest BCUT2D eigenvalue weighted by atomic mass is 32.1. The summed E-state index contributed by atoms with van der Waals surface area (Å²) in [6.45, 7) is 4.53. The molecule has 0 atom stereocenters. The molecule has 0 aliphatic rings. The molecular weight excluding hydrogens is 290 g/mol. The first-order chi connectivity index (χ1) is 9.60. The average Bonchev–Trinajstić information content (AvgIpc) is 3.01. The van der Waals surface area contributed by atoms with Crippen molar-refractivity contribution in [2.24, 2.45) is 0 Å². The van der Waals surface area contributed by atoms with Crippen LogP contribution in [0, 0.1) is 25.7 Å². The van der Waals surface area contributed by atoms with Crippen molar-refractivity contribution in [3.8, 4) is 11.8 Å². The highest BCUT2D eigenvalue weighted by molar-refractivity contribution is 7.14. The van der Waals surface area contributed by atoms with E-state index in [-0.39, 0.29) is 12.5 Å². The van der Waals surface area contributed by atoms with Crippen LogP contribution in [0.3, 0.4) is 0 Å². The molecule has 2 N–H and O–H groups in total. The van der Waals surface area contributed by atoms with E-state index in [9.17, 15) is 4.79 Å². The van der Waals surface area contributed by atoms with Gasteiger partial charge in [-0.3, -0.25) is 4.79 Å². The number of amides is 1. The standard InChI is InChI=1S/C15H15NO2S2/c1-10-8-13(19-11(10)2)9-16-15(18)14-6-5-12(20-14)4-3-7-17/h5-6,8,17H,7,9H2,1-2H3,(H,16,18). The van der Waals surface area contributed by atoms with Gasteiger partial charge in [0.25, 0.3) is 5.91 Å². The van der Waals surface area contributed by atoms with Gasteiger partial charge in [0.15, 0.2) is 0 Å². The Hall–Kier alpha value is -1.61. The SMILES string of the molecule is Cc1cc(CNC(=O)c2ccc(C#CCO)s2)sc1C. The number of aliphatic hydroxyl groups excluding tert-OH is 1. The number of aryl methyl sites for hydroxylation is 2. The highest BCUT2D eigenvalue weighted by Crippen LogP contribution is 2.21. The summed E-state index contributed by atoms with van der Waals surface area (Å²) in [6.07, 6.45) is 0. The van der Waals surface area contributed by atoms with Crippen LogP contribution in [0.25, 0.3) is 0 Å². The van der Waals surface area contributed by atoms with Gasteiger partial charge in [0.05, 0.1) is 16.3 Å². The maximum absolute atomic E-state index is 12.0. The summed E-state index contributed by atoms with van der Waals surface area (Å²) in [5.74, 6) is 5.28. The number of carbonyl (C=O) groups is 1. The van der Waals surface area contributed by atoms with Crippen molar-refractivity contribution in [1.29, 1.82) is 0 Å². The van der Waals surface area contributed by atoms with Gasteiger partial charge < -0.3 is 10.4 Å². The Labute approximate surface area is 126 Å². The number of hydrogen-bond donors (Lipinski definition) is 2. The summed E-state index contributed by atoms with van der Waals surface area (Å²) >= 11 is 3.04. The van der Waals surface area contributed by atoms with Gasteiger partial charge in [-0.05, 0) is 37.6 Å². The summed E-state index contributed by atoms with van der Waals surface area (Å²) in [7, 11) is 0. The summed E-state index contributed by atoms with van der Waals surface area (Å²) in [5.41, 5.74) is 1.26. The minimum absolute atomic E-state index is 0.0873. The van der Waals surface area contributed by atoms with Crippen LogP contribution in [-0.4, -0.2) is 17.6 Å². The molecule has 0 fully saturated rings. The van der Waals surface area contributed by atoms with Gasteiger partial charge in [-0.25, -0.2) is 0 Å². The number of rotatable bonds is 3. The van der Waals surface area contributed by atoms with Crippen LogP contribution >= 0.6 is 22.7 Å². The molecule has 2 aromatic rings. The maximum atomic E-state index is 12.0. The second-order valence-corrected chi connectivity index (χ2v) is 6.68. The molecule has 20 heavy (non-hydrogen) atoms. The second kappa shape index (κ2) is 6.71. The van der Waals surface area contributed by atoms with Gasteiger partial charge in [-0.2, -0.15) is 0 Å². The van der Waals surface area contributed by atoms with Crippen LogP contribution in [0.1, 0.15) is 29.9 Å². The van der Waals surface area contributed by atoms with Crippen LogP contribution in [0.2, 0.25) is 0 Å². The van der Waals surface area contributed by atoms with E-state index in [1.807, 2.05) is 0 Å². The van der Waals surface area contributed by atoms with E-state index in [1.54, 1.807) is 23.5 Å². The van der Waals surface area contributed by atoms with Crippen molar-refractivity contribution in [3.05, 3.63) is 43.3 Å². The van der Waals surface area contributed by atoms with E-state index in [0.717, 1.165) is 9.75 Å². The Morgan fingerprint density at radius 3 is 2.80 bits per heavy atom. The summed E-state index contributed by atoms with van der Waals surface area (Å²) in [6, 6.07) is 5.65. The van der Waals surface area contributed by atoms with E-state index in [4.69, 9.17) is 5.11 Å². The molecule has 0 saturated carbocycles. The van der Waals surface area contributed by atoms with Crippen LogP contribution in [0.4, 0.5) is 0 Å². The van der Waals surface area contributed by atoms with E-state index in [1.165, 1.54) is 21.8 Å². The molecular formula is C15H15NO2S2. The molecule has 2 rings (SSSR count). The van der Waals surface area contributed by atoms with Gasteiger partial charge in [-0.15, -0.1) is 22.7 Å². The minimum Gasteiger partial charge on any atom is -0.384 e. The van der Waals surface area contributed by atoms with Crippen molar-refractivity contribution in [1.82, 2.24) is 5.32 Å². The number of carbonyl (C=O) groups excluding carboxylic acids is 1. The van der Waals surface area contributed by atoms with E-state index < -0.39 is 0 Å². The third-order valence-electron chi connectivity index (χ3n) is 2.76. The van der Waals surface area contributed by atoms with Crippen LogP contribution in [-0.2, 0) is 6.54 Å². The molecule has 0 bridgehead atoms. The zero-order valence-corrected chi connectivity index (χ0v) is 13.0. The van der Waals surface area contributed by atoms with Gasteiger partial charge in [0.1, 0.15) is 6.61 Å². The summed E-state index contributed by atoms with van der Waals surface area (Å²) < 4.78 is 0. The monoisotopic (exact) mass is 305 g/mol. The molecule has 0 saturated heterocycles. The van der Waals surface area contributed by atoms with Crippen molar-refractivity contribution < 1.29 is 9.90 Å². The summed E-state index contributed by atoms with van der Waals surface area (Å²) in [5, 5.41) is 11.5. The van der Waals surface area contributed by atoms with Gasteiger partial charge in [0.2, 0.25) is 0 Å². The predicted molar refractivity (Wildman–Crippen MR) is 83.2 cm³/mol. The Bertz CT molecular complexity index is 654. The molecule has 5 heteroatoms. The van der Waals surface area contributed by atoms with Gasteiger partial charge >= 0.3 is 0 Å². The molecule has 0 aliphatic carbocycles. The van der Waals surface area contributed by atoms with Crippen molar-refractivity contribution in [2.45, 2.75) is 20.4 Å². The molecule has 0 aliphatic heterocycles. The molecule has 2 aromatic heterocycles. The van der Waals surface area contributed by atoms with Crippen molar-refractivity contribution in [2.75, 3.05) is 6.61 Å². The summed E-state index contributed by atoms with van der Waals surface area (Å²) in [4.78, 5) is 15.9. The molecule has 0 unspecified atom stereocenters. The Balaban J connectivity index is 1.96. The van der Waals surface area contributed by atoms with Crippen molar-refractivity contribution in [3.63, 3.8) is 0 Å². The molecule has 2 heterocycles. The molecule has 1 amide bonds. The van der Waals surface area contributed by atoms with Gasteiger partial charge in [0, 0.05) is 9.75 Å². The minimum atomic E-state index is -0.170. The zero-order chi connectivity index (χ0) is 14.5. The lowest BCUT2D eigenvalue weighted by atomic mass is 10.3. The number of aliphatic hydroxyl groups is 1. The maximum Gasteiger partial charge on any atom is 0.261 e. The number of hydrogen-bond acceptors (Lipinski definition) is 4.